The van der Waals surface area contributed by atoms with Crippen LogP contribution in [-0.2, 0) is 16.6 Å². The highest BCUT2D eigenvalue weighted by atomic mass is 16.5. The average molecular weight is 299 g/mol. The Morgan fingerprint density at radius 2 is 2.00 bits per heavy atom. The highest BCUT2D eigenvalue weighted by Gasteiger charge is 2.59. The van der Waals surface area contributed by atoms with E-state index in [1.165, 1.54) is 24.0 Å². The quantitative estimate of drug-likeness (QED) is 0.720. The molecule has 0 saturated heterocycles. The summed E-state index contributed by atoms with van der Waals surface area (Å²) in [4.78, 5) is 12.1. The highest BCUT2D eigenvalue weighted by molar-refractivity contribution is 5.92. The van der Waals surface area contributed by atoms with E-state index in [1.54, 1.807) is 0 Å². The largest absolute Gasteiger partial charge is 0.361 e. The zero-order chi connectivity index (χ0) is 15.8. The lowest BCUT2D eigenvalue weighted by Gasteiger charge is -2.59. The lowest BCUT2D eigenvalue weighted by molar-refractivity contribution is -0.116. The van der Waals surface area contributed by atoms with Gasteiger partial charge in [-0.2, -0.15) is 0 Å². The van der Waals surface area contributed by atoms with Gasteiger partial charge in [-0.25, -0.2) is 0 Å². The second-order valence-electron chi connectivity index (χ2n) is 8.67. The molecule has 0 radical (unpaired) electrons. The molecular formula is C19H25NO2. The third-order valence-corrected chi connectivity index (χ3v) is 6.91. The molecule has 3 atom stereocenters. The Bertz CT molecular complexity index is 683. The molecule has 1 fully saturated rings. The van der Waals surface area contributed by atoms with Crippen LogP contribution in [0.2, 0.25) is 0 Å². The van der Waals surface area contributed by atoms with E-state index in [-0.39, 0.29) is 16.2 Å². The summed E-state index contributed by atoms with van der Waals surface area (Å²) in [6.07, 6.45) is 8.93. The molecule has 1 saturated carbocycles. The number of carbonyl (C=O) groups is 1. The van der Waals surface area contributed by atoms with Crippen molar-refractivity contribution in [3.05, 3.63) is 29.2 Å². The number of aromatic nitrogens is 1. The number of allylic oxidation sites excluding steroid dienone is 2. The first kappa shape index (κ1) is 14.2. The molecular weight excluding hydrogens is 274 g/mol. The number of ketones is 1. The van der Waals surface area contributed by atoms with Crippen molar-refractivity contribution in [2.24, 2.45) is 16.7 Å². The van der Waals surface area contributed by atoms with E-state index < -0.39 is 0 Å². The molecule has 3 nitrogen and oxygen atoms in total. The Labute approximate surface area is 132 Å². The van der Waals surface area contributed by atoms with E-state index in [2.05, 4.69) is 32.9 Å². The van der Waals surface area contributed by atoms with Crippen molar-refractivity contribution in [1.29, 1.82) is 0 Å². The summed E-state index contributed by atoms with van der Waals surface area (Å²) in [5.74, 6) is 1.87. The van der Waals surface area contributed by atoms with Gasteiger partial charge in [-0.3, -0.25) is 4.79 Å². The van der Waals surface area contributed by atoms with E-state index in [4.69, 9.17) is 4.52 Å². The SMILES string of the molecule is CC1(C)c2oncc2C[C@]2(C)C3=CC(=O)CC[C@]3(C)CC[C@@H]12. The number of carbonyl (C=O) groups excluding carboxylic acids is 1. The van der Waals surface area contributed by atoms with Crippen LogP contribution in [-0.4, -0.2) is 10.9 Å². The van der Waals surface area contributed by atoms with Crippen molar-refractivity contribution < 1.29 is 9.32 Å². The lowest BCUT2D eigenvalue weighted by atomic mass is 9.44. The molecule has 0 unspecified atom stereocenters. The van der Waals surface area contributed by atoms with E-state index >= 15 is 0 Å². The fraction of sp³-hybridized carbons (Fsp3) is 0.684. The molecule has 0 amide bonds. The van der Waals surface area contributed by atoms with Gasteiger partial charge in [0, 0.05) is 17.4 Å². The van der Waals surface area contributed by atoms with Gasteiger partial charge in [0.2, 0.25) is 0 Å². The number of fused-ring (bicyclic) bond motifs is 4. The third-order valence-electron chi connectivity index (χ3n) is 6.91. The molecule has 1 aromatic heterocycles. The van der Waals surface area contributed by atoms with Crippen molar-refractivity contribution in [2.75, 3.05) is 0 Å². The van der Waals surface area contributed by atoms with Crippen LogP contribution in [0.1, 0.15) is 64.7 Å². The first-order chi connectivity index (χ1) is 10.3. The van der Waals surface area contributed by atoms with Crippen LogP contribution < -0.4 is 0 Å². The van der Waals surface area contributed by atoms with Crippen molar-refractivity contribution in [2.45, 2.75) is 65.2 Å². The molecule has 1 aromatic rings. The number of hydrogen-bond donors (Lipinski definition) is 0. The molecule has 0 spiro atoms. The molecule has 0 bridgehead atoms. The second-order valence-corrected chi connectivity index (χ2v) is 8.67. The summed E-state index contributed by atoms with van der Waals surface area (Å²) >= 11 is 0. The molecule has 0 N–H and O–H groups in total. The maximum atomic E-state index is 12.1. The minimum absolute atomic E-state index is 0.0263. The van der Waals surface area contributed by atoms with Gasteiger partial charge < -0.3 is 4.52 Å². The highest BCUT2D eigenvalue weighted by Crippen LogP contribution is 2.64. The number of rotatable bonds is 0. The van der Waals surface area contributed by atoms with Gasteiger partial charge in [-0.05, 0) is 48.5 Å². The maximum Gasteiger partial charge on any atom is 0.155 e. The molecule has 118 valence electrons. The Morgan fingerprint density at radius 1 is 1.23 bits per heavy atom. The van der Waals surface area contributed by atoms with Crippen LogP contribution in [0.3, 0.4) is 0 Å². The third kappa shape index (κ3) is 1.63. The summed E-state index contributed by atoms with van der Waals surface area (Å²) in [7, 11) is 0. The van der Waals surface area contributed by atoms with Gasteiger partial charge in [-0.15, -0.1) is 0 Å². The predicted octanol–water partition coefficient (Wildman–Crippen LogP) is 4.22. The van der Waals surface area contributed by atoms with Gasteiger partial charge in [0.05, 0.1) is 6.20 Å². The van der Waals surface area contributed by atoms with Crippen LogP contribution in [0.4, 0.5) is 0 Å². The van der Waals surface area contributed by atoms with Crippen LogP contribution in [0.25, 0.3) is 0 Å². The smallest absolute Gasteiger partial charge is 0.155 e. The van der Waals surface area contributed by atoms with E-state index in [0.29, 0.717) is 18.1 Å². The first-order valence-electron chi connectivity index (χ1n) is 8.47. The zero-order valence-electron chi connectivity index (χ0n) is 14.0. The van der Waals surface area contributed by atoms with Crippen molar-refractivity contribution >= 4 is 5.78 Å². The van der Waals surface area contributed by atoms with Gasteiger partial charge in [0.1, 0.15) is 5.76 Å². The minimum Gasteiger partial charge on any atom is -0.361 e. The predicted molar refractivity (Wildman–Crippen MR) is 84.5 cm³/mol. The Hall–Kier alpha value is -1.38. The fourth-order valence-electron chi connectivity index (χ4n) is 5.87. The molecule has 0 aliphatic heterocycles. The molecule has 4 rings (SSSR count). The first-order valence-corrected chi connectivity index (χ1v) is 8.47. The van der Waals surface area contributed by atoms with Gasteiger partial charge in [0.15, 0.2) is 5.78 Å². The maximum absolute atomic E-state index is 12.1. The van der Waals surface area contributed by atoms with Gasteiger partial charge in [-0.1, -0.05) is 38.4 Å². The fourth-order valence-corrected chi connectivity index (χ4v) is 5.87. The van der Waals surface area contributed by atoms with Crippen molar-refractivity contribution in [3.8, 4) is 0 Å². The average Bonchev–Trinajstić information content (AvgIpc) is 2.89. The molecule has 3 aliphatic carbocycles. The molecule has 22 heavy (non-hydrogen) atoms. The van der Waals surface area contributed by atoms with Crippen LogP contribution in [0, 0.1) is 16.7 Å². The van der Waals surface area contributed by atoms with Gasteiger partial charge >= 0.3 is 0 Å². The standard InChI is InChI=1S/C19H25NO2/c1-17(2)14-6-8-18(3)7-5-13(21)9-15(18)19(14,4)10-12-11-20-22-16(12)17/h9,11,14H,5-8,10H2,1-4H3/t14-,18+,19-/m0/s1. The zero-order valence-corrected chi connectivity index (χ0v) is 14.0. The Balaban J connectivity index is 1.91. The summed E-state index contributed by atoms with van der Waals surface area (Å²) in [5, 5.41) is 4.06. The Kier molecular flexibility index (Phi) is 2.67. The number of nitrogens with zero attached hydrogens (tertiary/aromatic N) is 1. The number of hydrogen-bond acceptors (Lipinski definition) is 3. The molecule has 1 heterocycles. The van der Waals surface area contributed by atoms with Crippen molar-refractivity contribution in [1.82, 2.24) is 5.16 Å². The van der Waals surface area contributed by atoms with Crippen LogP contribution >= 0.6 is 0 Å². The summed E-state index contributed by atoms with van der Waals surface area (Å²) in [6, 6.07) is 0. The molecule has 3 heteroatoms. The normalized spacial score (nSPS) is 39.5. The topological polar surface area (TPSA) is 43.1 Å². The van der Waals surface area contributed by atoms with E-state index in [1.807, 2.05) is 12.3 Å². The van der Waals surface area contributed by atoms with Crippen LogP contribution in [0.15, 0.2) is 22.4 Å². The summed E-state index contributed by atoms with van der Waals surface area (Å²) in [6.45, 7) is 9.31. The monoisotopic (exact) mass is 299 g/mol. The van der Waals surface area contributed by atoms with E-state index in [0.717, 1.165) is 18.6 Å². The minimum atomic E-state index is -0.0263. The summed E-state index contributed by atoms with van der Waals surface area (Å²) < 4.78 is 5.61. The summed E-state index contributed by atoms with van der Waals surface area (Å²) in [5.41, 5.74) is 2.84. The lowest BCUT2D eigenvalue weighted by Crippen LogP contribution is -2.54. The second kappa shape index (κ2) is 4.12. The van der Waals surface area contributed by atoms with Gasteiger partial charge in [0.25, 0.3) is 0 Å². The van der Waals surface area contributed by atoms with Crippen LogP contribution in [0.5, 0.6) is 0 Å². The Morgan fingerprint density at radius 3 is 2.77 bits per heavy atom. The molecule has 0 aromatic carbocycles. The molecule has 3 aliphatic rings. The van der Waals surface area contributed by atoms with E-state index in [9.17, 15) is 4.79 Å². The van der Waals surface area contributed by atoms with Crippen molar-refractivity contribution in [3.63, 3.8) is 0 Å².